The number of thioether (sulfide) groups is 1. The zero-order chi connectivity index (χ0) is 15.1. The lowest BCUT2D eigenvalue weighted by molar-refractivity contribution is -0.385. The number of carbonyl (C=O) groups is 1. The van der Waals surface area contributed by atoms with Crippen molar-refractivity contribution >= 4 is 35.0 Å². The lowest BCUT2D eigenvalue weighted by Gasteiger charge is -2.08. The van der Waals surface area contributed by atoms with E-state index in [2.05, 4.69) is 4.74 Å². The fourth-order valence-electron chi connectivity index (χ4n) is 1.51. The Labute approximate surface area is 125 Å². The van der Waals surface area contributed by atoms with Gasteiger partial charge in [-0.25, -0.2) is 0 Å². The van der Waals surface area contributed by atoms with Gasteiger partial charge >= 0.3 is 5.97 Å². The predicted molar refractivity (Wildman–Crippen MR) is 78.9 cm³/mol. The summed E-state index contributed by atoms with van der Waals surface area (Å²) in [7, 11) is 1.28. The predicted octanol–water partition coefficient (Wildman–Crippen LogP) is 2.37. The average molecular weight is 319 g/mol. The summed E-state index contributed by atoms with van der Waals surface area (Å²) in [5.41, 5.74) is 6.19. The summed E-state index contributed by atoms with van der Waals surface area (Å²) in [6.07, 6.45) is 0.450. The lowest BCUT2D eigenvalue weighted by atomic mass is 10.2. The second-order valence-electron chi connectivity index (χ2n) is 4.00. The van der Waals surface area contributed by atoms with Gasteiger partial charge < -0.3 is 10.5 Å². The summed E-state index contributed by atoms with van der Waals surface area (Å²) in [5, 5.41) is 11.3. The molecule has 0 heterocycles. The molecule has 1 aromatic rings. The Hall–Kier alpha value is -1.31. The topological polar surface area (TPSA) is 95.5 Å². The Bertz CT molecular complexity index is 498. The van der Waals surface area contributed by atoms with E-state index in [1.807, 2.05) is 0 Å². The van der Waals surface area contributed by atoms with Gasteiger partial charge in [-0.1, -0.05) is 11.6 Å². The maximum Gasteiger partial charge on any atom is 0.322 e. The van der Waals surface area contributed by atoms with E-state index in [4.69, 9.17) is 17.3 Å². The van der Waals surface area contributed by atoms with Gasteiger partial charge in [-0.2, -0.15) is 11.8 Å². The molecule has 0 spiro atoms. The molecule has 0 radical (unpaired) electrons. The van der Waals surface area contributed by atoms with Gasteiger partial charge in [0.15, 0.2) is 0 Å². The molecule has 110 valence electrons. The van der Waals surface area contributed by atoms with Crippen LogP contribution < -0.4 is 5.73 Å². The van der Waals surface area contributed by atoms with E-state index in [-0.39, 0.29) is 5.69 Å². The van der Waals surface area contributed by atoms with E-state index in [0.717, 1.165) is 0 Å². The number of rotatable bonds is 7. The Balaban J connectivity index is 2.52. The number of hydrogen-bond donors (Lipinski definition) is 1. The lowest BCUT2D eigenvalue weighted by Crippen LogP contribution is -2.31. The van der Waals surface area contributed by atoms with Gasteiger partial charge in [-0.15, -0.1) is 0 Å². The van der Waals surface area contributed by atoms with Crippen molar-refractivity contribution in [3.63, 3.8) is 0 Å². The quantitative estimate of drug-likeness (QED) is 0.359. The van der Waals surface area contributed by atoms with Crippen molar-refractivity contribution < 1.29 is 14.5 Å². The number of hydrogen-bond acceptors (Lipinski definition) is 6. The summed E-state index contributed by atoms with van der Waals surface area (Å²) in [4.78, 5) is 21.5. The molecule has 0 saturated heterocycles. The number of methoxy groups -OCH3 is 1. The molecular weight excluding hydrogens is 304 g/mol. The van der Waals surface area contributed by atoms with Crippen molar-refractivity contribution in [3.8, 4) is 0 Å². The second-order valence-corrected chi connectivity index (χ2v) is 5.54. The SMILES string of the molecule is COC(=O)C(N)CCSCc1cc(Cl)ccc1[N+](=O)[O-]. The number of nitrogens with two attached hydrogens (primary N) is 1. The van der Waals surface area contributed by atoms with Crippen LogP contribution >= 0.6 is 23.4 Å². The van der Waals surface area contributed by atoms with Crippen LogP contribution in [0.25, 0.3) is 0 Å². The molecule has 8 heteroatoms. The van der Waals surface area contributed by atoms with E-state index >= 15 is 0 Å². The van der Waals surface area contributed by atoms with Gasteiger partial charge in [0, 0.05) is 22.4 Å². The molecular formula is C12H15ClN2O4S. The van der Waals surface area contributed by atoms with Gasteiger partial charge in [0.25, 0.3) is 5.69 Å². The van der Waals surface area contributed by atoms with E-state index in [9.17, 15) is 14.9 Å². The second kappa shape index (κ2) is 8.08. The first-order valence-corrected chi connectivity index (χ1v) is 7.33. The summed E-state index contributed by atoms with van der Waals surface area (Å²) >= 11 is 7.28. The molecule has 1 atom stereocenters. The zero-order valence-electron chi connectivity index (χ0n) is 10.9. The highest BCUT2D eigenvalue weighted by Crippen LogP contribution is 2.26. The number of esters is 1. The Morgan fingerprint density at radius 3 is 2.90 bits per heavy atom. The molecule has 1 unspecified atom stereocenters. The van der Waals surface area contributed by atoms with E-state index in [1.165, 1.54) is 31.0 Å². The monoisotopic (exact) mass is 318 g/mol. The summed E-state index contributed by atoms with van der Waals surface area (Å²) in [6.45, 7) is 0. The molecule has 0 fully saturated rings. The van der Waals surface area contributed by atoms with Crippen LogP contribution in [0.15, 0.2) is 18.2 Å². The van der Waals surface area contributed by atoms with E-state index in [0.29, 0.717) is 28.5 Å². The standard InChI is InChI=1S/C12H15ClN2O4S/c1-19-12(16)10(14)4-5-20-7-8-6-9(13)2-3-11(8)15(17)18/h2-3,6,10H,4-5,7,14H2,1H3. The van der Waals surface area contributed by atoms with Crippen LogP contribution in [-0.4, -0.2) is 29.8 Å². The third-order valence-electron chi connectivity index (χ3n) is 2.57. The van der Waals surface area contributed by atoms with Crippen LogP contribution in [0.1, 0.15) is 12.0 Å². The van der Waals surface area contributed by atoms with Crippen molar-refractivity contribution in [3.05, 3.63) is 38.9 Å². The van der Waals surface area contributed by atoms with Gasteiger partial charge in [0.1, 0.15) is 6.04 Å². The first-order chi connectivity index (χ1) is 9.45. The Morgan fingerprint density at radius 2 is 2.30 bits per heavy atom. The number of ether oxygens (including phenoxy) is 1. The molecule has 0 aliphatic rings. The summed E-state index contributed by atoms with van der Waals surface area (Å²) in [6, 6.07) is 3.79. The number of carbonyl (C=O) groups excluding carboxylic acids is 1. The smallest absolute Gasteiger partial charge is 0.322 e. The minimum absolute atomic E-state index is 0.0409. The van der Waals surface area contributed by atoms with Crippen LogP contribution in [-0.2, 0) is 15.3 Å². The summed E-state index contributed by atoms with van der Waals surface area (Å²) in [5.74, 6) is 0.573. The number of nitro groups is 1. The highest BCUT2D eigenvalue weighted by molar-refractivity contribution is 7.98. The van der Waals surface area contributed by atoms with Crippen LogP contribution in [0.5, 0.6) is 0 Å². The molecule has 0 aliphatic heterocycles. The van der Waals surface area contributed by atoms with Crippen LogP contribution in [0.3, 0.4) is 0 Å². The molecule has 20 heavy (non-hydrogen) atoms. The minimum Gasteiger partial charge on any atom is -0.468 e. The molecule has 2 N–H and O–H groups in total. The third kappa shape index (κ3) is 4.99. The maximum atomic E-state index is 11.1. The average Bonchev–Trinajstić information content (AvgIpc) is 2.42. The number of benzene rings is 1. The Kier molecular flexibility index (Phi) is 6.77. The Morgan fingerprint density at radius 1 is 1.60 bits per heavy atom. The number of nitrogens with zero attached hydrogens (tertiary/aromatic N) is 1. The highest BCUT2D eigenvalue weighted by Gasteiger charge is 2.15. The number of nitro benzene ring substituents is 1. The van der Waals surface area contributed by atoms with Crippen molar-refractivity contribution in [2.75, 3.05) is 12.9 Å². The molecule has 0 saturated carbocycles. The van der Waals surface area contributed by atoms with Crippen LogP contribution in [0, 0.1) is 10.1 Å². The van der Waals surface area contributed by atoms with Crippen molar-refractivity contribution in [1.29, 1.82) is 0 Å². The summed E-state index contributed by atoms with van der Waals surface area (Å²) < 4.78 is 4.51. The third-order valence-corrected chi connectivity index (χ3v) is 3.85. The molecule has 1 aromatic carbocycles. The maximum absolute atomic E-state index is 11.1. The molecule has 6 nitrogen and oxygen atoms in total. The van der Waals surface area contributed by atoms with Gasteiger partial charge in [0.05, 0.1) is 12.0 Å². The minimum atomic E-state index is -0.665. The zero-order valence-corrected chi connectivity index (χ0v) is 12.4. The largest absolute Gasteiger partial charge is 0.468 e. The molecule has 0 aromatic heterocycles. The first-order valence-electron chi connectivity index (χ1n) is 5.79. The normalized spacial score (nSPS) is 11.9. The molecule has 0 amide bonds. The van der Waals surface area contributed by atoms with Gasteiger partial charge in [-0.3, -0.25) is 14.9 Å². The van der Waals surface area contributed by atoms with E-state index in [1.54, 1.807) is 6.07 Å². The highest BCUT2D eigenvalue weighted by atomic mass is 35.5. The molecule has 0 bridgehead atoms. The van der Waals surface area contributed by atoms with Crippen molar-refractivity contribution in [2.24, 2.45) is 5.73 Å². The first kappa shape index (κ1) is 16.7. The van der Waals surface area contributed by atoms with Crippen LogP contribution in [0.2, 0.25) is 5.02 Å². The van der Waals surface area contributed by atoms with Gasteiger partial charge in [0.2, 0.25) is 0 Å². The van der Waals surface area contributed by atoms with Gasteiger partial charge in [-0.05, 0) is 24.3 Å². The fraction of sp³-hybridized carbons (Fsp3) is 0.417. The van der Waals surface area contributed by atoms with Crippen molar-refractivity contribution in [1.82, 2.24) is 0 Å². The van der Waals surface area contributed by atoms with Crippen LogP contribution in [0.4, 0.5) is 5.69 Å². The van der Waals surface area contributed by atoms with E-state index < -0.39 is 16.9 Å². The fourth-order valence-corrected chi connectivity index (χ4v) is 2.72. The molecule has 1 rings (SSSR count). The van der Waals surface area contributed by atoms with Crippen molar-refractivity contribution in [2.45, 2.75) is 18.2 Å². The number of halogens is 1. The molecule has 0 aliphatic carbocycles.